The molecule has 1 aromatic carbocycles. The molecule has 0 radical (unpaired) electrons. The summed E-state index contributed by atoms with van der Waals surface area (Å²) in [5, 5.41) is 0. The molecular weight excluding hydrogens is 282 g/mol. The summed E-state index contributed by atoms with van der Waals surface area (Å²) in [6, 6.07) is 14.4. The van der Waals surface area contributed by atoms with Gasteiger partial charge in [0.2, 0.25) is 6.41 Å². The van der Waals surface area contributed by atoms with Crippen LogP contribution in [0, 0.1) is 0 Å². The van der Waals surface area contributed by atoms with Crippen LogP contribution in [-0.2, 0) is 24.3 Å². The van der Waals surface area contributed by atoms with E-state index in [1.807, 2.05) is 18.2 Å². The first-order chi connectivity index (χ1) is 10.3. The van der Waals surface area contributed by atoms with Crippen LogP contribution < -0.4 is 4.31 Å². The lowest BCUT2D eigenvalue weighted by Crippen LogP contribution is -2.30. The molecule has 0 fully saturated rings. The minimum atomic E-state index is 0.587. The number of fused-ring (bicyclic) bond motifs is 1. The summed E-state index contributed by atoms with van der Waals surface area (Å²) in [5.41, 5.74) is 3.62. The molecule has 1 amide bonds. The highest BCUT2D eigenvalue weighted by Gasteiger charge is 2.18. The summed E-state index contributed by atoms with van der Waals surface area (Å²) in [4.78, 5) is 17.7. The van der Waals surface area contributed by atoms with Crippen LogP contribution in [0.4, 0.5) is 5.82 Å². The maximum absolute atomic E-state index is 10.7. The van der Waals surface area contributed by atoms with Crippen LogP contribution >= 0.6 is 12.8 Å². The molecule has 5 heteroatoms. The molecule has 21 heavy (non-hydrogen) atoms. The third-order valence-electron chi connectivity index (χ3n) is 3.70. The van der Waals surface area contributed by atoms with Gasteiger partial charge in [0.15, 0.2) is 0 Å². The number of benzene rings is 1. The Balaban J connectivity index is 1.73. The molecule has 3 rings (SSSR count). The van der Waals surface area contributed by atoms with Gasteiger partial charge in [0.25, 0.3) is 0 Å². The van der Waals surface area contributed by atoms with Gasteiger partial charge in [-0.1, -0.05) is 49.2 Å². The monoisotopic (exact) mass is 299 g/mol. The van der Waals surface area contributed by atoms with E-state index in [1.54, 1.807) is 0 Å². The molecule has 0 N–H and O–H groups in total. The molecule has 0 unspecified atom stereocenters. The normalized spacial score (nSPS) is 14.5. The maximum atomic E-state index is 10.7. The van der Waals surface area contributed by atoms with Gasteiger partial charge in [-0.2, -0.15) is 0 Å². The standard InChI is InChI=1S/C16H17N3OS/c20-12-19(21)16-7-6-14-11-18(9-8-15(14)17-16)10-13-4-2-1-3-5-13/h1-7,12,21H,8-11H2. The van der Waals surface area contributed by atoms with Crippen LogP contribution in [0.5, 0.6) is 0 Å². The van der Waals surface area contributed by atoms with Gasteiger partial charge in [0, 0.05) is 31.7 Å². The number of thiol groups is 1. The van der Waals surface area contributed by atoms with Crippen molar-refractivity contribution in [1.29, 1.82) is 0 Å². The predicted molar refractivity (Wildman–Crippen MR) is 86.0 cm³/mol. The molecule has 1 aromatic heterocycles. The molecule has 0 bridgehead atoms. The second-order valence-electron chi connectivity index (χ2n) is 5.17. The molecule has 0 saturated heterocycles. The molecule has 0 atom stereocenters. The van der Waals surface area contributed by atoms with Gasteiger partial charge in [-0.3, -0.25) is 9.69 Å². The number of amides is 1. The first-order valence-electron chi connectivity index (χ1n) is 6.95. The van der Waals surface area contributed by atoms with E-state index >= 15 is 0 Å². The molecular formula is C16H17N3OS. The summed E-state index contributed by atoms with van der Waals surface area (Å²) in [6.07, 6.45) is 1.55. The fraction of sp³-hybridized carbons (Fsp3) is 0.250. The van der Waals surface area contributed by atoms with Crippen molar-refractivity contribution in [3.05, 3.63) is 59.3 Å². The van der Waals surface area contributed by atoms with Crippen molar-refractivity contribution in [3.63, 3.8) is 0 Å². The zero-order valence-corrected chi connectivity index (χ0v) is 12.5. The molecule has 1 aliphatic heterocycles. The number of rotatable bonds is 4. The fourth-order valence-electron chi connectivity index (χ4n) is 2.62. The van der Waals surface area contributed by atoms with E-state index in [2.05, 4.69) is 47.0 Å². The summed E-state index contributed by atoms with van der Waals surface area (Å²) in [7, 11) is 0. The number of carbonyl (C=O) groups is 1. The molecule has 4 nitrogen and oxygen atoms in total. The van der Waals surface area contributed by atoms with Crippen molar-refractivity contribution >= 4 is 25.0 Å². The molecule has 2 aromatic rings. The van der Waals surface area contributed by atoms with Crippen molar-refractivity contribution in [1.82, 2.24) is 9.88 Å². The van der Waals surface area contributed by atoms with Crippen molar-refractivity contribution in [2.45, 2.75) is 19.5 Å². The summed E-state index contributed by atoms with van der Waals surface area (Å²) in [5.74, 6) is 0.587. The Hall–Kier alpha value is -1.85. The van der Waals surface area contributed by atoms with Crippen molar-refractivity contribution < 1.29 is 4.79 Å². The molecule has 1 aliphatic rings. The first-order valence-corrected chi connectivity index (χ1v) is 7.35. The Labute approximate surface area is 129 Å². The van der Waals surface area contributed by atoms with E-state index < -0.39 is 0 Å². The van der Waals surface area contributed by atoms with Crippen LogP contribution in [0.1, 0.15) is 16.8 Å². The molecule has 108 valence electrons. The fourth-order valence-corrected chi connectivity index (χ4v) is 2.73. The molecule has 2 heterocycles. The van der Waals surface area contributed by atoms with E-state index in [-0.39, 0.29) is 0 Å². The third-order valence-corrected chi connectivity index (χ3v) is 4.00. The zero-order valence-electron chi connectivity index (χ0n) is 11.6. The smallest absolute Gasteiger partial charge is 0.225 e. The summed E-state index contributed by atoms with van der Waals surface area (Å²) >= 11 is 4.06. The Bertz CT molecular complexity index is 633. The van der Waals surface area contributed by atoms with Gasteiger partial charge in [0.05, 0.1) is 0 Å². The van der Waals surface area contributed by atoms with E-state index in [0.29, 0.717) is 12.2 Å². The van der Waals surface area contributed by atoms with Gasteiger partial charge in [-0.05, 0) is 17.2 Å². The van der Waals surface area contributed by atoms with Gasteiger partial charge in [0.1, 0.15) is 5.82 Å². The lowest BCUT2D eigenvalue weighted by atomic mass is 10.0. The van der Waals surface area contributed by atoms with Crippen LogP contribution in [0.15, 0.2) is 42.5 Å². The second-order valence-corrected chi connectivity index (χ2v) is 5.60. The van der Waals surface area contributed by atoms with Crippen LogP contribution in [0.25, 0.3) is 0 Å². The van der Waals surface area contributed by atoms with E-state index in [9.17, 15) is 4.79 Å². The number of carbonyl (C=O) groups excluding carboxylic acids is 1. The Morgan fingerprint density at radius 1 is 1.24 bits per heavy atom. The van der Waals surface area contributed by atoms with Gasteiger partial charge in [-0.25, -0.2) is 9.29 Å². The van der Waals surface area contributed by atoms with Crippen LogP contribution in [0.2, 0.25) is 0 Å². The van der Waals surface area contributed by atoms with Crippen molar-refractivity contribution in [3.8, 4) is 0 Å². The quantitative estimate of drug-likeness (QED) is 0.696. The van der Waals surface area contributed by atoms with E-state index in [4.69, 9.17) is 0 Å². The Kier molecular flexibility index (Phi) is 4.22. The zero-order chi connectivity index (χ0) is 14.7. The lowest BCUT2D eigenvalue weighted by Gasteiger charge is -2.28. The molecule has 0 aliphatic carbocycles. The largest absolute Gasteiger partial charge is 0.294 e. The highest BCUT2D eigenvalue weighted by molar-refractivity contribution is 7.82. The SMILES string of the molecule is O=CN(S)c1ccc2c(n1)CCN(Cc1ccccc1)C2. The van der Waals surface area contributed by atoms with E-state index in [1.165, 1.54) is 15.4 Å². The predicted octanol–water partition coefficient (Wildman–Crippen LogP) is 2.45. The third kappa shape index (κ3) is 3.25. The van der Waals surface area contributed by atoms with Gasteiger partial charge < -0.3 is 0 Å². The topological polar surface area (TPSA) is 36.4 Å². The maximum Gasteiger partial charge on any atom is 0.225 e. The number of nitrogens with zero attached hydrogens (tertiary/aromatic N) is 3. The molecule has 0 spiro atoms. The van der Waals surface area contributed by atoms with Crippen LogP contribution in [0.3, 0.4) is 0 Å². The van der Waals surface area contributed by atoms with E-state index in [0.717, 1.165) is 31.7 Å². The van der Waals surface area contributed by atoms with Gasteiger partial charge >= 0.3 is 0 Å². The molecule has 0 saturated carbocycles. The minimum absolute atomic E-state index is 0.587. The highest BCUT2D eigenvalue weighted by atomic mass is 32.1. The average Bonchev–Trinajstić information content (AvgIpc) is 2.54. The lowest BCUT2D eigenvalue weighted by molar-refractivity contribution is -0.106. The highest BCUT2D eigenvalue weighted by Crippen LogP contribution is 2.22. The Morgan fingerprint density at radius 3 is 2.81 bits per heavy atom. The number of aromatic nitrogens is 1. The van der Waals surface area contributed by atoms with Crippen molar-refractivity contribution in [2.75, 3.05) is 10.8 Å². The minimum Gasteiger partial charge on any atom is -0.294 e. The first kappa shape index (κ1) is 14.1. The summed E-state index contributed by atoms with van der Waals surface area (Å²) in [6.45, 7) is 2.83. The van der Waals surface area contributed by atoms with Gasteiger partial charge in [-0.15, -0.1) is 0 Å². The summed E-state index contributed by atoms with van der Waals surface area (Å²) < 4.78 is 1.20. The van der Waals surface area contributed by atoms with Crippen LogP contribution in [-0.4, -0.2) is 22.8 Å². The average molecular weight is 299 g/mol. The van der Waals surface area contributed by atoms with Crippen molar-refractivity contribution in [2.24, 2.45) is 0 Å². The number of hydrogen-bond acceptors (Lipinski definition) is 4. The number of pyridine rings is 1. The number of hydrogen-bond donors (Lipinski definition) is 1. The number of anilines is 1. The Morgan fingerprint density at radius 2 is 2.05 bits per heavy atom. The second kappa shape index (κ2) is 6.28.